The van der Waals surface area contributed by atoms with Gasteiger partial charge >= 0.3 is 5.97 Å². The van der Waals surface area contributed by atoms with Gasteiger partial charge in [0.05, 0.1) is 23.2 Å². The molecule has 1 heterocycles. The Morgan fingerprint density at radius 1 is 0.675 bits per heavy atom. The first kappa shape index (κ1) is 27.0. The lowest BCUT2D eigenvalue weighted by atomic mass is 9.76. The number of imide groups is 1. The molecule has 4 aromatic rings. The Morgan fingerprint density at radius 3 is 1.43 bits per heavy atom. The lowest BCUT2D eigenvalue weighted by molar-refractivity contribution is -0.158. The van der Waals surface area contributed by atoms with Crippen molar-refractivity contribution in [3.8, 4) is 0 Å². The van der Waals surface area contributed by atoms with E-state index in [0.717, 1.165) is 21.6 Å². The number of nitrogens with one attached hydrogen (secondary N) is 1. The predicted octanol–water partition coefficient (Wildman–Crippen LogP) is 5.57. The normalized spacial score (nSPS) is 14.1. The number of esters is 1. The molecule has 1 aliphatic heterocycles. The van der Waals surface area contributed by atoms with Crippen LogP contribution in [0.3, 0.4) is 0 Å². The highest BCUT2D eigenvalue weighted by atomic mass is 16.6. The maximum Gasteiger partial charge on any atom is 0.325 e. The number of ether oxygens (including phenoxy) is 1. The molecule has 0 aliphatic carbocycles. The van der Waals surface area contributed by atoms with Gasteiger partial charge in [-0.15, -0.1) is 0 Å². The molecular weight excluding hydrogens is 500 g/mol. The minimum absolute atomic E-state index is 0.199. The summed E-state index contributed by atoms with van der Waals surface area (Å²) in [5.41, 5.74) is 1.54. The molecule has 5 rings (SSSR count). The summed E-state index contributed by atoms with van der Waals surface area (Å²) in [5, 5.41) is 3.61. The molecule has 2 amide bonds. The second kappa shape index (κ2) is 10.9. The van der Waals surface area contributed by atoms with Crippen LogP contribution in [0.5, 0.6) is 0 Å². The van der Waals surface area contributed by atoms with E-state index in [2.05, 4.69) is 5.32 Å². The van der Waals surface area contributed by atoms with Crippen LogP contribution in [-0.2, 0) is 15.1 Å². The van der Waals surface area contributed by atoms with E-state index in [1.54, 1.807) is 45.0 Å². The van der Waals surface area contributed by atoms with Crippen molar-refractivity contribution in [2.75, 3.05) is 6.54 Å². The number of rotatable bonds is 8. The first-order valence-electron chi connectivity index (χ1n) is 13.3. The standard InChI is InChI=1S/C34H32N2O4/c1-33(2,3)40-32(39)29(23-36-30(37)27-21-13-14-22-28(27)31(36)38)35-34(24-15-7-4-8-16-24,25-17-9-5-10-18-25)26-19-11-6-12-20-26/h4-22,29,35H,23H2,1-3H3/t29-/m1/s1. The minimum Gasteiger partial charge on any atom is -0.459 e. The highest BCUT2D eigenvalue weighted by Gasteiger charge is 2.44. The van der Waals surface area contributed by atoms with Crippen LogP contribution >= 0.6 is 0 Å². The van der Waals surface area contributed by atoms with Crippen LogP contribution < -0.4 is 5.32 Å². The summed E-state index contributed by atoms with van der Waals surface area (Å²) >= 11 is 0. The van der Waals surface area contributed by atoms with E-state index in [1.165, 1.54) is 0 Å². The molecule has 0 fully saturated rings. The minimum atomic E-state index is -1.05. The Kier molecular flexibility index (Phi) is 7.37. The summed E-state index contributed by atoms with van der Waals surface area (Å²) < 4.78 is 5.86. The number of amides is 2. The molecule has 1 atom stereocenters. The Bertz CT molecular complexity index is 1380. The van der Waals surface area contributed by atoms with Gasteiger partial charge in [-0.25, -0.2) is 0 Å². The van der Waals surface area contributed by atoms with Crippen molar-refractivity contribution in [1.82, 2.24) is 10.2 Å². The Morgan fingerprint density at radius 2 is 1.05 bits per heavy atom. The van der Waals surface area contributed by atoms with E-state index in [1.807, 2.05) is 91.0 Å². The maximum atomic E-state index is 13.9. The van der Waals surface area contributed by atoms with Gasteiger partial charge < -0.3 is 4.74 Å². The number of carbonyl (C=O) groups is 3. The molecule has 1 aliphatic rings. The highest BCUT2D eigenvalue weighted by Crippen LogP contribution is 2.38. The summed E-state index contributed by atoms with van der Waals surface area (Å²) in [6, 6.07) is 35.2. The van der Waals surface area contributed by atoms with Crippen molar-refractivity contribution in [3.05, 3.63) is 143 Å². The number of nitrogens with zero attached hydrogens (tertiary/aromatic N) is 1. The monoisotopic (exact) mass is 532 g/mol. The zero-order chi connectivity index (χ0) is 28.3. The maximum absolute atomic E-state index is 13.9. The summed E-state index contributed by atoms with van der Waals surface area (Å²) in [6.45, 7) is 5.18. The molecule has 0 saturated carbocycles. The van der Waals surface area contributed by atoms with E-state index in [4.69, 9.17) is 4.74 Å². The summed E-state index contributed by atoms with van der Waals surface area (Å²) in [4.78, 5) is 41.7. The third-order valence-corrected chi connectivity index (χ3v) is 6.95. The van der Waals surface area contributed by atoms with Crippen molar-refractivity contribution in [2.45, 2.75) is 38.0 Å². The smallest absolute Gasteiger partial charge is 0.325 e. The molecule has 6 heteroatoms. The second-order valence-corrected chi connectivity index (χ2v) is 10.8. The van der Waals surface area contributed by atoms with Gasteiger partial charge in [-0.1, -0.05) is 103 Å². The fourth-order valence-electron chi connectivity index (χ4n) is 5.22. The Labute approximate surface area is 234 Å². The van der Waals surface area contributed by atoms with E-state index >= 15 is 0 Å². The molecule has 40 heavy (non-hydrogen) atoms. The number of benzene rings is 4. The number of hydrogen-bond acceptors (Lipinski definition) is 5. The van der Waals surface area contributed by atoms with Crippen LogP contribution in [0.25, 0.3) is 0 Å². The van der Waals surface area contributed by atoms with Crippen molar-refractivity contribution in [3.63, 3.8) is 0 Å². The van der Waals surface area contributed by atoms with Gasteiger partial charge in [0.1, 0.15) is 11.6 Å². The third kappa shape index (κ3) is 5.18. The molecule has 4 aromatic carbocycles. The van der Waals surface area contributed by atoms with Crippen molar-refractivity contribution in [2.24, 2.45) is 0 Å². The zero-order valence-electron chi connectivity index (χ0n) is 22.8. The van der Waals surface area contributed by atoms with Crippen molar-refractivity contribution < 1.29 is 19.1 Å². The van der Waals surface area contributed by atoms with Crippen molar-refractivity contribution >= 4 is 17.8 Å². The molecule has 0 unspecified atom stereocenters. The van der Waals surface area contributed by atoms with Gasteiger partial charge in [0.15, 0.2) is 0 Å². The number of fused-ring (bicyclic) bond motifs is 1. The van der Waals surface area contributed by atoms with Crippen LogP contribution in [0.4, 0.5) is 0 Å². The SMILES string of the molecule is CC(C)(C)OC(=O)[C@@H](CN1C(=O)c2ccccc2C1=O)NC(c1ccccc1)(c1ccccc1)c1ccccc1. The fraction of sp³-hybridized carbons (Fsp3) is 0.206. The quantitative estimate of drug-likeness (QED) is 0.182. The molecule has 0 radical (unpaired) electrons. The van der Waals surface area contributed by atoms with E-state index in [0.29, 0.717) is 11.1 Å². The van der Waals surface area contributed by atoms with Crippen LogP contribution in [0.2, 0.25) is 0 Å². The third-order valence-electron chi connectivity index (χ3n) is 6.95. The molecule has 6 nitrogen and oxygen atoms in total. The molecule has 0 saturated heterocycles. The number of hydrogen-bond donors (Lipinski definition) is 1. The van der Waals surface area contributed by atoms with Crippen LogP contribution in [0.15, 0.2) is 115 Å². The largest absolute Gasteiger partial charge is 0.459 e. The van der Waals surface area contributed by atoms with Gasteiger partial charge in [-0.3, -0.25) is 24.6 Å². The average molecular weight is 533 g/mol. The molecule has 0 spiro atoms. The number of carbonyl (C=O) groups excluding carboxylic acids is 3. The van der Waals surface area contributed by atoms with Gasteiger partial charge in [0, 0.05) is 0 Å². The average Bonchev–Trinajstić information content (AvgIpc) is 3.20. The highest BCUT2D eigenvalue weighted by molar-refractivity contribution is 6.21. The summed E-state index contributed by atoms with van der Waals surface area (Å²) in [7, 11) is 0. The Balaban J connectivity index is 1.66. The molecule has 202 valence electrons. The van der Waals surface area contributed by atoms with Gasteiger partial charge in [-0.05, 0) is 49.6 Å². The lowest BCUT2D eigenvalue weighted by Crippen LogP contribution is -2.58. The molecular formula is C34H32N2O4. The van der Waals surface area contributed by atoms with E-state index in [9.17, 15) is 14.4 Å². The topological polar surface area (TPSA) is 75.7 Å². The van der Waals surface area contributed by atoms with Crippen molar-refractivity contribution in [1.29, 1.82) is 0 Å². The van der Waals surface area contributed by atoms with Gasteiger partial charge in [0.2, 0.25) is 0 Å². The van der Waals surface area contributed by atoms with Crippen LogP contribution in [0, 0.1) is 0 Å². The van der Waals surface area contributed by atoms with Crippen LogP contribution in [-0.4, -0.2) is 40.9 Å². The first-order chi connectivity index (χ1) is 19.2. The lowest BCUT2D eigenvalue weighted by Gasteiger charge is -2.40. The molecule has 1 N–H and O–H groups in total. The summed E-state index contributed by atoms with van der Waals surface area (Å²) in [6.07, 6.45) is 0. The first-order valence-corrected chi connectivity index (χ1v) is 13.3. The van der Waals surface area contributed by atoms with Gasteiger partial charge in [-0.2, -0.15) is 0 Å². The van der Waals surface area contributed by atoms with E-state index in [-0.39, 0.29) is 6.54 Å². The van der Waals surface area contributed by atoms with Crippen LogP contribution in [0.1, 0.15) is 58.2 Å². The Hall–Kier alpha value is -4.55. The second-order valence-electron chi connectivity index (χ2n) is 10.8. The zero-order valence-corrected chi connectivity index (χ0v) is 22.8. The van der Waals surface area contributed by atoms with Gasteiger partial charge in [0.25, 0.3) is 11.8 Å². The molecule has 0 aromatic heterocycles. The predicted molar refractivity (Wildman–Crippen MR) is 154 cm³/mol. The van der Waals surface area contributed by atoms with E-state index < -0.39 is 35.0 Å². The molecule has 0 bridgehead atoms. The summed E-state index contributed by atoms with van der Waals surface area (Å²) in [5.74, 6) is -1.42. The fourth-order valence-corrected chi connectivity index (χ4v) is 5.22.